The van der Waals surface area contributed by atoms with E-state index >= 15 is 0 Å². The molecule has 1 amide bonds. The lowest BCUT2D eigenvalue weighted by molar-refractivity contribution is 0.0114. The molecular formula is C13H25NO3. The van der Waals surface area contributed by atoms with E-state index in [2.05, 4.69) is 6.92 Å². The third-order valence-electron chi connectivity index (χ3n) is 2.77. The minimum Gasteiger partial charge on any atom is -0.444 e. The van der Waals surface area contributed by atoms with Crippen LogP contribution in [0.5, 0.6) is 0 Å². The first kappa shape index (κ1) is 14.3. The molecule has 0 aromatic rings. The highest BCUT2D eigenvalue weighted by molar-refractivity contribution is 5.69. The van der Waals surface area contributed by atoms with Crippen molar-refractivity contribution in [1.29, 1.82) is 0 Å². The number of ether oxygens (including phenoxy) is 2. The monoisotopic (exact) mass is 243 g/mol. The summed E-state index contributed by atoms with van der Waals surface area (Å²) in [5, 5.41) is 0. The lowest BCUT2D eigenvalue weighted by Gasteiger charge is -2.28. The quantitative estimate of drug-likeness (QED) is 0.765. The minimum absolute atomic E-state index is 0.166. The Labute approximate surface area is 104 Å². The van der Waals surface area contributed by atoms with Crippen LogP contribution in [0.15, 0.2) is 0 Å². The second-order valence-corrected chi connectivity index (χ2v) is 5.79. The number of rotatable bonds is 3. The number of likely N-dealkylation sites (tertiary alicyclic amines) is 1. The highest BCUT2D eigenvalue weighted by Crippen LogP contribution is 2.25. The summed E-state index contributed by atoms with van der Waals surface area (Å²) in [5.41, 5.74) is -0.431. The van der Waals surface area contributed by atoms with Crippen molar-refractivity contribution in [3.05, 3.63) is 0 Å². The molecule has 1 aliphatic rings. The number of hydrogen-bond donors (Lipinski definition) is 0. The summed E-state index contributed by atoms with van der Waals surface area (Å²) in [4.78, 5) is 13.8. The number of nitrogens with zero attached hydrogens (tertiary/aromatic N) is 1. The third-order valence-corrected chi connectivity index (χ3v) is 2.77. The molecule has 0 aliphatic carbocycles. The van der Waals surface area contributed by atoms with E-state index in [1.807, 2.05) is 32.6 Å². The Kier molecular flexibility index (Phi) is 4.80. The van der Waals surface area contributed by atoms with E-state index in [0.29, 0.717) is 19.1 Å². The Morgan fingerprint density at radius 2 is 2.06 bits per heavy atom. The maximum atomic E-state index is 12.0. The zero-order valence-corrected chi connectivity index (χ0v) is 11.7. The molecule has 1 rings (SSSR count). The largest absolute Gasteiger partial charge is 0.444 e. The van der Waals surface area contributed by atoms with Gasteiger partial charge in [0, 0.05) is 13.2 Å². The van der Waals surface area contributed by atoms with Crippen molar-refractivity contribution < 1.29 is 14.3 Å². The Bertz CT molecular complexity index is 260. The van der Waals surface area contributed by atoms with Gasteiger partial charge in [0.25, 0.3) is 0 Å². The van der Waals surface area contributed by atoms with Crippen LogP contribution in [-0.2, 0) is 9.47 Å². The molecule has 1 fully saturated rings. The fourth-order valence-electron chi connectivity index (χ4n) is 2.11. The summed E-state index contributed by atoms with van der Waals surface area (Å²) >= 11 is 0. The Hall–Kier alpha value is -0.770. The van der Waals surface area contributed by atoms with Gasteiger partial charge < -0.3 is 14.4 Å². The van der Waals surface area contributed by atoms with Gasteiger partial charge in [-0.2, -0.15) is 0 Å². The molecule has 0 aromatic carbocycles. The van der Waals surface area contributed by atoms with Crippen LogP contribution >= 0.6 is 0 Å². The normalized spacial score (nSPS) is 25.1. The van der Waals surface area contributed by atoms with Crippen LogP contribution in [0.2, 0.25) is 0 Å². The van der Waals surface area contributed by atoms with Gasteiger partial charge in [0.15, 0.2) is 0 Å². The van der Waals surface area contributed by atoms with E-state index < -0.39 is 5.60 Å². The van der Waals surface area contributed by atoms with E-state index in [1.165, 1.54) is 0 Å². The minimum atomic E-state index is -0.431. The van der Waals surface area contributed by atoms with Crippen LogP contribution in [0.3, 0.4) is 0 Å². The molecule has 2 atom stereocenters. The molecule has 1 heterocycles. The molecule has 0 aromatic heterocycles. The van der Waals surface area contributed by atoms with E-state index in [-0.39, 0.29) is 12.1 Å². The van der Waals surface area contributed by atoms with E-state index in [0.717, 1.165) is 13.0 Å². The zero-order chi connectivity index (χ0) is 13.1. The van der Waals surface area contributed by atoms with E-state index in [1.54, 1.807) is 0 Å². The molecular weight excluding hydrogens is 218 g/mol. The lowest BCUT2D eigenvalue weighted by Crippen LogP contribution is -2.41. The van der Waals surface area contributed by atoms with Crippen LogP contribution in [0.1, 0.15) is 41.0 Å². The average Bonchev–Trinajstić information content (AvgIpc) is 2.54. The van der Waals surface area contributed by atoms with Gasteiger partial charge in [0.05, 0.1) is 12.6 Å². The van der Waals surface area contributed by atoms with Gasteiger partial charge in [-0.05, 0) is 40.0 Å². The van der Waals surface area contributed by atoms with Crippen LogP contribution in [0.25, 0.3) is 0 Å². The first-order valence-corrected chi connectivity index (χ1v) is 6.41. The third kappa shape index (κ3) is 4.54. The van der Waals surface area contributed by atoms with Gasteiger partial charge in [-0.25, -0.2) is 4.79 Å². The maximum Gasteiger partial charge on any atom is 0.410 e. The molecule has 100 valence electrons. The topological polar surface area (TPSA) is 38.8 Å². The number of carbonyl (C=O) groups excluding carboxylic acids is 1. The summed E-state index contributed by atoms with van der Waals surface area (Å²) in [6.45, 7) is 11.9. The van der Waals surface area contributed by atoms with Crippen LogP contribution < -0.4 is 0 Å². The van der Waals surface area contributed by atoms with Crippen LogP contribution in [-0.4, -0.2) is 42.4 Å². The molecule has 4 heteroatoms. The summed E-state index contributed by atoms with van der Waals surface area (Å²) in [6.07, 6.45) is 0.783. The summed E-state index contributed by atoms with van der Waals surface area (Å²) < 4.78 is 10.8. The first-order valence-electron chi connectivity index (χ1n) is 6.41. The standard InChI is InChI=1S/C13H25NO3/c1-6-16-9-11-7-10(2)8-14(11)12(15)17-13(3,4)5/h10-11H,6-9H2,1-5H3/t10-,11+/m1/s1. The molecule has 1 saturated heterocycles. The average molecular weight is 243 g/mol. The Balaban J connectivity index is 2.57. The molecule has 0 unspecified atom stereocenters. The lowest BCUT2D eigenvalue weighted by atomic mass is 10.1. The van der Waals surface area contributed by atoms with Crippen molar-refractivity contribution in [3.8, 4) is 0 Å². The fourth-order valence-corrected chi connectivity index (χ4v) is 2.11. The Morgan fingerprint density at radius 3 is 2.59 bits per heavy atom. The molecule has 0 saturated carbocycles. The summed E-state index contributed by atoms with van der Waals surface area (Å²) in [5.74, 6) is 0.521. The highest BCUT2D eigenvalue weighted by atomic mass is 16.6. The van der Waals surface area contributed by atoms with Gasteiger partial charge in [0.1, 0.15) is 5.60 Å². The second kappa shape index (κ2) is 5.71. The predicted molar refractivity (Wildman–Crippen MR) is 67.0 cm³/mol. The van der Waals surface area contributed by atoms with Gasteiger partial charge >= 0.3 is 6.09 Å². The van der Waals surface area contributed by atoms with Gasteiger partial charge in [-0.1, -0.05) is 6.92 Å². The highest BCUT2D eigenvalue weighted by Gasteiger charge is 2.35. The fraction of sp³-hybridized carbons (Fsp3) is 0.923. The summed E-state index contributed by atoms with van der Waals surface area (Å²) in [6, 6.07) is 0.166. The van der Waals surface area contributed by atoms with Crippen LogP contribution in [0, 0.1) is 5.92 Å². The molecule has 0 bridgehead atoms. The van der Waals surface area contributed by atoms with Gasteiger partial charge in [-0.15, -0.1) is 0 Å². The van der Waals surface area contributed by atoms with Crippen molar-refractivity contribution in [3.63, 3.8) is 0 Å². The van der Waals surface area contributed by atoms with E-state index in [4.69, 9.17) is 9.47 Å². The zero-order valence-electron chi connectivity index (χ0n) is 11.7. The smallest absolute Gasteiger partial charge is 0.410 e. The van der Waals surface area contributed by atoms with Crippen molar-refractivity contribution in [2.75, 3.05) is 19.8 Å². The number of amides is 1. The first-order chi connectivity index (χ1) is 7.83. The van der Waals surface area contributed by atoms with Crippen LogP contribution in [0.4, 0.5) is 4.79 Å². The van der Waals surface area contributed by atoms with Crippen molar-refractivity contribution in [1.82, 2.24) is 4.90 Å². The maximum absolute atomic E-state index is 12.0. The molecule has 0 radical (unpaired) electrons. The van der Waals surface area contributed by atoms with Crippen molar-refractivity contribution in [2.45, 2.75) is 52.7 Å². The SMILES string of the molecule is CCOC[C@@H]1C[C@@H](C)CN1C(=O)OC(C)(C)C. The molecule has 1 aliphatic heterocycles. The van der Waals surface area contributed by atoms with Gasteiger partial charge in [-0.3, -0.25) is 0 Å². The van der Waals surface area contributed by atoms with Crippen molar-refractivity contribution in [2.24, 2.45) is 5.92 Å². The summed E-state index contributed by atoms with van der Waals surface area (Å²) in [7, 11) is 0. The molecule has 4 nitrogen and oxygen atoms in total. The second-order valence-electron chi connectivity index (χ2n) is 5.79. The van der Waals surface area contributed by atoms with Crippen molar-refractivity contribution >= 4 is 6.09 Å². The van der Waals surface area contributed by atoms with Gasteiger partial charge in [0.2, 0.25) is 0 Å². The Morgan fingerprint density at radius 1 is 1.41 bits per heavy atom. The number of carbonyl (C=O) groups is 1. The molecule has 0 spiro atoms. The number of hydrogen-bond acceptors (Lipinski definition) is 3. The predicted octanol–water partition coefficient (Wildman–Crippen LogP) is 2.67. The molecule has 0 N–H and O–H groups in total. The van der Waals surface area contributed by atoms with E-state index in [9.17, 15) is 4.79 Å². The molecule has 17 heavy (non-hydrogen) atoms.